The molecule has 4 rings (SSSR count). The second-order valence-electron chi connectivity index (χ2n) is 10.0. The minimum Gasteiger partial charge on any atom is -0.465 e. The highest BCUT2D eigenvalue weighted by molar-refractivity contribution is 5.78. The maximum Gasteiger partial charge on any atom is 0.326 e. The molecular weight excluding hydrogens is 478 g/mol. The van der Waals surface area contributed by atoms with E-state index in [1.54, 1.807) is 6.92 Å². The fraction of sp³-hybridized carbons (Fsp3) is 0.375. The number of carbonyl (C=O) groups is 2. The first-order valence-electron chi connectivity index (χ1n) is 13.4. The van der Waals surface area contributed by atoms with Gasteiger partial charge in [0.15, 0.2) is 0 Å². The molecule has 1 unspecified atom stereocenters. The van der Waals surface area contributed by atoms with Crippen molar-refractivity contribution in [2.24, 2.45) is 5.92 Å². The molecular formula is C32H37NO5. The van der Waals surface area contributed by atoms with Crippen molar-refractivity contribution in [1.82, 2.24) is 4.90 Å². The Kier molecular flexibility index (Phi) is 9.68. The van der Waals surface area contributed by atoms with Crippen LogP contribution in [0.1, 0.15) is 49.3 Å². The Bertz CT molecular complexity index is 1100. The van der Waals surface area contributed by atoms with Gasteiger partial charge in [-0.2, -0.15) is 0 Å². The van der Waals surface area contributed by atoms with Gasteiger partial charge in [-0.05, 0) is 49.3 Å². The van der Waals surface area contributed by atoms with Gasteiger partial charge < -0.3 is 14.6 Å². The highest BCUT2D eigenvalue weighted by atomic mass is 16.5. The summed E-state index contributed by atoms with van der Waals surface area (Å²) in [6, 6.07) is 28.6. The first-order valence-corrected chi connectivity index (χ1v) is 13.4. The van der Waals surface area contributed by atoms with Gasteiger partial charge in [0, 0.05) is 13.1 Å². The molecule has 1 N–H and O–H groups in total. The molecule has 0 spiro atoms. The predicted molar refractivity (Wildman–Crippen MR) is 146 cm³/mol. The molecule has 38 heavy (non-hydrogen) atoms. The second-order valence-corrected chi connectivity index (χ2v) is 10.0. The molecule has 1 saturated carbocycles. The van der Waals surface area contributed by atoms with Crippen molar-refractivity contribution in [3.63, 3.8) is 0 Å². The molecule has 6 heteroatoms. The lowest BCUT2D eigenvalue weighted by Crippen LogP contribution is -2.58. The minimum atomic E-state index is -1.33. The number of ether oxygens (including phenoxy) is 2. The number of nitrogens with zero attached hydrogens (tertiary/aromatic N) is 1. The lowest BCUT2D eigenvalue weighted by Gasteiger charge is -2.44. The Labute approximate surface area is 225 Å². The van der Waals surface area contributed by atoms with Gasteiger partial charge in [0.05, 0.1) is 18.1 Å². The number of esters is 2. The zero-order valence-corrected chi connectivity index (χ0v) is 22.0. The molecule has 1 aliphatic carbocycles. The summed E-state index contributed by atoms with van der Waals surface area (Å²) >= 11 is 0. The van der Waals surface area contributed by atoms with E-state index in [1.807, 2.05) is 95.9 Å². The molecule has 1 atom stereocenters. The Balaban J connectivity index is 1.51. The Hall–Kier alpha value is -3.48. The maximum atomic E-state index is 13.4. The van der Waals surface area contributed by atoms with Gasteiger partial charge in [-0.25, -0.2) is 0 Å². The van der Waals surface area contributed by atoms with Crippen LogP contribution in [0.5, 0.6) is 0 Å². The number of hydrogen-bond acceptors (Lipinski definition) is 6. The van der Waals surface area contributed by atoms with Crippen LogP contribution < -0.4 is 0 Å². The highest BCUT2D eigenvalue weighted by Crippen LogP contribution is 2.38. The molecule has 0 aromatic heterocycles. The lowest BCUT2D eigenvalue weighted by molar-refractivity contribution is -0.169. The monoisotopic (exact) mass is 515 g/mol. The smallest absolute Gasteiger partial charge is 0.326 e. The summed E-state index contributed by atoms with van der Waals surface area (Å²) < 4.78 is 11.1. The zero-order valence-electron chi connectivity index (χ0n) is 22.0. The van der Waals surface area contributed by atoms with E-state index in [1.165, 1.54) is 0 Å². The van der Waals surface area contributed by atoms with Gasteiger partial charge in [-0.1, -0.05) is 91.0 Å². The van der Waals surface area contributed by atoms with Crippen LogP contribution in [0, 0.1) is 5.92 Å². The van der Waals surface area contributed by atoms with Crippen molar-refractivity contribution in [1.29, 1.82) is 0 Å². The van der Waals surface area contributed by atoms with Gasteiger partial charge in [0.2, 0.25) is 0 Å². The third kappa shape index (κ3) is 7.30. The predicted octanol–water partition coefficient (Wildman–Crippen LogP) is 5.29. The summed E-state index contributed by atoms with van der Waals surface area (Å²) in [6.45, 7) is 3.18. The SMILES string of the molecule is CCOC(=O)C(N(Cc1ccccc1)Cc1ccccc1)C1(O)CCC(C(=O)OCc2ccccc2)CC1. The van der Waals surface area contributed by atoms with E-state index >= 15 is 0 Å². The number of benzene rings is 3. The molecule has 3 aromatic carbocycles. The van der Waals surface area contributed by atoms with Crippen molar-refractivity contribution < 1.29 is 24.2 Å². The van der Waals surface area contributed by atoms with Gasteiger partial charge in [0.25, 0.3) is 0 Å². The van der Waals surface area contributed by atoms with Crippen LogP contribution in [0.3, 0.4) is 0 Å². The number of hydrogen-bond donors (Lipinski definition) is 1. The molecule has 1 fully saturated rings. The maximum absolute atomic E-state index is 13.4. The lowest BCUT2D eigenvalue weighted by atomic mass is 9.74. The van der Waals surface area contributed by atoms with E-state index in [0.717, 1.165) is 16.7 Å². The van der Waals surface area contributed by atoms with E-state index in [2.05, 4.69) is 0 Å². The molecule has 1 aliphatic rings. The van der Waals surface area contributed by atoms with E-state index < -0.39 is 17.6 Å². The van der Waals surface area contributed by atoms with Crippen molar-refractivity contribution in [2.75, 3.05) is 6.61 Å². The van der Waals surface area contributed by atoms with Crippen molar-refractivity contribution in [3.8, 4) is 0 Å². The van der Waals surface area contributed by atoms with Crippen LogP contribution in [0.4, 0.5) is 0 Å². The molecule has 200 valence electrons. The third-order valence-corrected chi connectivity index (χ3v) is 7.25. The molecule has 0 heterocycles. The molecule has 6 nitrogen and oxygen atoms in total. The number of carbonyl (C=O) groups excluding carboxylic acids is 2. The minimum absolute atomic E-state index is 0.227. The normalized spacial score (nSPS) is 20.0. The van der Waals surface area contributed by atoms with Crippen molar-refractivity contribution in [2.45, 2.75) is 63.9 Å². The summed E-state index contributed by atoms with van der Waals surface area (Å²) in [7, 11) is 0. The molecule has 0 saturated heterocycles. The number of aliphatic hydroxyl groups is 1. The van der Waals surface area contributed by atoms with Crippen LogP contribution in [-0.4, -0.2) is 40.2 Å². The second kappa shape index (κ2) is 13.4. The fourth-order valence-corrected chi connectivity index (χ4v) is 5.28. The van der Waals surface area contributed by atoms with Crippen LogP contribution in [0.15, 0.2) is 91.0 Å². The summed E-state index contributed by atoms with van der Waals surface area (Å²) in [6.07, 6.45) is 1.51. The molecule has 0 bridgehead atoms. The average Bonchev–Trinajstić information content (AvgIpc) is 2.94. The van der Waals surface area contributed by atoms with Crippen LogP contribution in [-0.2, 0) is 38.8 Å². The summed E-state index contributed by atoms with van der Waals surface area (Å²) in [5, 5.41) is 12.0. The fourth-order valence-electron chi connectivity index (χ4n) is 5.28. The van der Waals surface area contributed by atoms with E-state index in [0.29, 0.717) is 38.8 Å². The zero-order chi connectivity index (χ0) is 26.8. The van der Waals surface area contributed by atoms with E-state index in [-0.39, 0.29) is 25.1 Å². The van der Waals surface area contributed by atoms with Crippen LogP contribution in [0.25, 0.3) is 0 Å². The molecule has 3 aromatic rings. The summed E-state index contributed by atoms with van der Waals surface area (Å²) in [5.41, 5.74) is 1.69. The van der Waals surface area contributed by atoms with E-state index in [9.17, 15) is 14.7 Å². The molecule has 0 radical (unpaired) electrons. The van der Waals surface area contributed by atoms with Crippen LogP contribution in [0.2, 0.25) is 0 Å². The topological polar surface area (TPSA) is 76.1 Å². The Morgan fingerprint density at radius 3 is 1.76 bits per heavy atom. The largest absolute Gasteiger partial charge is 0.465 e. The first-order chi connectivity index (χ1) is 18.5. The summed E-state index contributed by atoms with van der Waals surface area (Å²) in [4.78, 5) is 28.2. The Morgan fingerprint density at radius 2 is 1.29 bits per heavy atom. The molecule has 0 amide bonds. The molecule has 0 aliphatic heterocycles. The van der Waals surface area contributed by atoms with Gasteiger partial charge in [-0.3, -0.25) is 14.5 Å². The van der Waals surface area contributed by atoms with Gasteiger partial charge in [0.1, 0.15) is 12.6 Å². The number of rotatable bonds is 11. The van der Waals surface area contributed by atoms with Gasteiger partial charge >= 0.3 is 11.9 Å². The van der Waals surface area contributed by atoms with Gasteiger partial charge in [-0.15, -0.1) is 0 Å². The van der Waals surface area contributed by atoms with Crippen molar-refractivity contribution >= 4 is 11.9 Å². The quantitative estimate of drug-likeness (QED) is 0.350. The Morgan fingerprint density at radius 1 is 0.816 bits per heavy atom. The first kappa shape index (κ1) is 27.6. The van der Waals surface area contributed by atoms with Crippen molar-refractivity contribution in [3.05, 3.63) is 108 Å². The van der Waals surface area contributed by atoms with E-state index in [4.69, 9.17) is 9.47 Å². The summed E-state index contributed by atoms with van der Waals surface area (Å²) in [5.74, 6) is -1.00. The highest BCUT2D eigenvalue weighted by Gasteiger charge is 2.49. The standard InChI is InChI=1S/C32H37NO5/c1-2-37-31(35)29(33(22-25-12-6-3-7-13-25)23-26-14-8-4-9-15-26)32(36)20-18-28(19-21-32)30(34)38-24-27-16-10-5-11-17-27/h3-17,28-29,36H,2,18-24H2,1H3. The average molecular weight is 516 g/mol. The third-order valence-electron chi connectivity index (χ3n) is 7.25. The van der Waals surface area contributed by atoms with Crippen LogP contribution >= 0.6 is 0 Å².